The van der Waals surface area contributed by atoms with Crippen molar-refractivity contribution in [1.82, 2.24) is 0 Å². The zero-order valence-electron chi connectivity index (χ0n) is 12.2. The number of rotatable bonds is 2. The average Bonchev–Trinajstić information content (AvgIpc) is 2.46. The SMILES string of the molecule is Cc1cc(C)cc(-c2[nH+]ccc3c(/C=C/F)cccc23)c1. The fourth-order valence-corrected chi connectivity index (χ4v) is 2.84. The molecule has 3 rings (SSSR count). The molecule has 0 unspecified atom stereocenters. The first-order chi connectivity index (χ1) is 10.2. The van der Waals surface area contributed by atoms with Crippen LogP contribution in [0.25, 0.3) is 28.1 Å². The third kappa shape index (κ3) is 2.57. The second kappa shape index (κ2) is 5.49. The molecular formula is C19H17FN+. The molecule has 0 spiro atoms. The highest BCUT2D eigenvalue weighted by atomic mass is 19.1. The number of aromatic amines is 1. The molecule has 0 aliphatic carbocycles. The molecule has 0 aliphatic rings. The van der Waals surface area contributed by atoms with Gasteiger partial charge in [0.1, 0.15) is 0 Å². The molecule has 3 aromatic rings. The number of nitrogens with one attached hydrogen (secondary N) is 1. The van der Waals surface area contributed by atoms with E-state index in [1.807, 2.05) is 24.4 Å². The lowest BCUT2D eigenvalue weighted by molar-refractivity contribution is -0.362. The predicted molar refractivity (Wildman–Crippen MR) is 85.6 cm³/mol. The summed E-state index contributed by atoms with van der Waals surface area (Å²) in [6.45, 7) is 4.19. The van der Waals surface area contributed by atoms with Crippen molar-refractivity contribution < 1.29 is 9.37 Å². The van der Waals surface area contributed by atoms with Crippen LogP contribution in [-0.4, -0.2) is 0 Å². The summed E-state index contributed by atoms with van der Waals surface area (Å²) < 4.78 is 12.5. The van der Waals surface area contributed by atoms with E-state index in [9.17, 15) is 4.39 Å². The molecule has 1 aromatic heterocycles. The van der Waals surface area contributed by atoms with E-state index >= 15 is 0 Å². The molecule has 0 fully saturated rings. The summed E-state index contributed by atoms with van der Waals surface area (Å²) in [5.74, 6) is 0. The monoisotopic (exact) mass is 278 g/mol. The maximum atomic E-state index is 12.5. The molecule has 2 aromatic carbocycles. The fraction of sp³-hybridized carbons (Fsp3) is 0.105. The van der Waals surface area contributed by atoms with Crippen molar-refractivity contribution in [3.8, 4) is 11.3 Å². The summed E-state index contributed by atoms with van der Waals surface area (Å²) in [4.78, 5) is 3.33. The smallest absolute Gasteiger partial charge is 0.216 e. The number of pyridine rings is 1. The van der Waals surface area contributed by atoms with Crippen molar-refractivity contribution >= 4 is 16.8 Å². The van der Waals surface area contributed by atoms with Crippen molar-refractivity contribution in [3.63, 3.8) is 0 Å². The zero-order valence-corrected chi connectivity index (χ0v) is 12.2. The van der Waals surface area contributed by atoms with Gasteiger partial charge in [-0.15, -0.1) is 0 Å². The van der Waals surface area contributed by atoms with Crippen molar-refractivity contribution in [3.05, 3.63) is 71.7 Å². The third-order valence-corrected chi connectivity index (χ3v) is 3.64. The minimum absolute atomic E-state index is 0.585. The van der Waals surface area contributed by atoms with Crippen LogP contribution in [0.5, 0.6) is 0 Å². The Labute approximate surface area is 123 Å². The normalized spacial score (nSPS) is 11.4. The van der Waals surface area contributed by atoms with Gasteiger partial charge in [-0.05, 0) is 43.7 Å². The number of H-pyrrole nitrogens is 1. The minimum atomic E-state index is 0.585. The summed E-state index contributed by atoms with van der Waals surface area (Å²) >= 11 is 0. The highest BCUT2D eigenvalue weighted by Crippen LogP contribution is 2.28. The largest absolute Gasteiger partial charge is 0.218 e. The van der Waals surface area contributed by atoms with Crippen molar-refractivity contribution in [1.29, 1.82) is 0 Å². The van der Waals surface area contributed by atoms with Crippen LogP contribution in [0.15, 0.2) is 55.0 Å². The van der Waals surface area contributed by atoms with Crippen LogP contribution >= 0.6 is 0 Å². The average molecular weight is 278 g/mol. The standard InChI is InChI=1S/C19H16FN/c1-13-10-14(2)12-16(11-13)19-18-5-3-4-15(6-8-20)17(18)7-9-21-19/h3-12H,1-2H3/p+1/b8-6+. The van der Waals surface area contributed by atoms with Crippen LogP contribution in [0.1, 0.15) is 16.7 Å². The first kappa shape index (κ1) is 13.5. The molecule has 0 atom stereocenters. The van der Waals surface area contributed by atoms with Crippen molar-refractivity contribution in [2.24, 2.45) is 0 Å². The molecule has 1 heterocycles. The first-order valence-corrected chi connectivity index (χ1v) is 6.98. The van der Waals surface area contributed by atoms with Gasteiger partial charge in [0.15, 0.2) is 6.20 Å². The summed E-state index contributed by atoms with van der Waals surface area (Å²) in [5.41, 5.74) is 5.56. The zero-order chi connectivity index (χ0) is 14.8. The Kier molecular flexibility index (Phi) is 3.53. The molecule has 0 amide bonds. The number of aryl methyl sites for hydroxylation is 2. The minimum Gasteiger partial charge on any atom is -0.216 e. The Morgan fingerprint density at radius 3 is 2.43 bits per heavy atom. The first-order valence-electron chi connectivity index (χ1n) is 6.98. The summed E-state index contributed by atoms with van der Waals surface area (Å²) in [6.07, 6.45) is 3.99. The van der Waals surface area contributed by atoms with Crippen LogP contribution < -0.4 is 4.98 Å². The molecule has 1 nitrogen and oxygen atoms in total. The van der Waals surface area contributed by atoms with Crippen molar-refractivity contribution in [2.75, 3.05) is 0 Å². The molecule has 0 aliphatic heterocycles. The Bertz CT molecular complexity index is 814. The maximum Gasteiger partial charge on any atom is 0.218 e. The van der Waals surface area contributed by atoms with Gasteiger partial charge in [0, 0.05) is 17.0 Å². The van der Waals surface area contributed by atoms with E-state index in [4.69, 9.17) is 0 Å². The molecule has 0 bridgehead atoms. The van der Waals surface area contributed by atoms with Crippen molar-refractivity contribution in [2.45, 2.75) is 13.8 Å². The molecule has 1 N–H and O–H groups in total. The topological polar surface area (TPSA) is 14.1 Å². The number of hydrogen-bond donors (Lipinski definition) is 0. The van der Waals surface area contributed by atoms with Crippen LogP contribution in [0, 0.1) is 13.8 Å². The van der Waals surface area contributed by atoms with Crippen LogP contribution in [-0.2, 0) is 0 Å². The van der Waals surface area contributed by atoms with Gasteiger partial charge >= 0.3 is 0 Å². The highest BCUT2D eigenvalue weighted by Gasteiger charge is 2.13. The second-order valence-corrected chi connectivity index (χ2v) is 5.33. The molecule has 0 saturated heterocycles. The van der Waals surface area contributed by atoms with Gasteiger partial charge in [-0.3, -0.25) is 0 Å². The lowest BCUT2D eigenvalue weighted by Crippen LogP contribution is -2.06. The Morgan fingerprint density at radius 2 is 1.71 bits per heavy atom. The van der Waals surface area contributed by atoms with E-state index < -0.39 is 0 Å². The Balaban J connectivity index is 2.31. The number of benzene rings is 2. The summed E-state index contributed by atoms with van der Waals surface area (Å²) in [5, 5.41) is 2.14. The number of aromatic nitrogens is 1. The van der Waals surface area contributed by atoms with Gasteiger partial charge in [-0.1, -0.05) is 29.3 Å². The van der Waals surface area contributed by atoms with Gasteiger partial charge < -0.3 is 0 Å². The van der Waals surface area contributed by atoms with E-state index in [1.54, 1.807) is 0 Å². The predicted octanol–water partition coefficient (Wildman–Crippen LogP) is 4.88. The number of halogens is 1. The fourth-order valence-electron chi connectivity index (χ4n) is 2.84. The van der Waals surface area contributed by atoms with Crippen LogP contribution in [0.2, 0.25) is 0 Å². The molecule has 0 saturated carbocycles. The van der Waals surface area contributed by atoms with E-state index in [0.717, 1.165) is 27.6 Å². The maximum absolute atomic E-state index is 12.5. The molecule has 0 radical (unpaired) electrons. The van der Waals surface area contributed by atoms with E-state index in [-0.39, 0.29) is 0 Å². The Hall–Kier alpha value is -2.48. The number of fused-ring (bicyclic) bond motifs is 1. The molecular weight excluding hydrogens is 261 g/mol. The molecule has 104 valence electrons. The summed E-state index contributed by atoms with van der Waals surface area (Å²) in [7, 11) is 0. The third-order valence-electron chi connectivity index (χ3n) is 3.64. The van der Waals surface area contributed by atoms with Gasteiger partial charge in [0.2, 0.25) is 5.69 Å². The van der Waals surface area contributed by atoms with Crippen LogP contribution in [0.3, 0.4) is 0 Å². The lowest BCUT2D eigenvalue weighted by Gasteiger charge is -2.05. The van der Waals surface area contributed by atoms with Gasteiger partial charge in [0.25, 0.3) is 0 Å². The quantitative estimate of drug-likeness (QED) is 0.634. The molecule has 2 heteroatoms. The summed E-state index contributed by atoms with van der Waals surface area (Å²) in [6, 6.07) is 14.4. The van der Waals surface area contributed by atoms with Gasteiger partial charge in [-0.2, -0.15) is 0 Å². The second-order valence-electron chi connectivity index (χ2n) is 5.33. The van der Waals surface area contributed by atoms with Gasteiger partial charge in [-0.25, -0.2) is 9.37 Å². The van der Waals surface area contributed by atoms with E-state index in [2.05, 4.69) is 43.1 Å². The van der Waals surface area contributed by atoms with E-state index in [0.29, 0.717) is 6.33 Å². The van der Waals surface area contributed by atoms with Gasteiger partial charge in [0.05, 0.1) is 11.7 Å². The Morgan fingerprint density at radius 1 is 0.952 bits per heavy atom. The van der Waals surface area contributed by atoms with Crippen LogP contribution in [0.4, 0.5) is 4.39 Å². The van der Waals surface area contributed by atoms with E-state index in [1.165, 1.54) is 17.2 Å². The highest BCUT2D eigenvalue weighted by molar-refractivity contribution is 5.97. The molecule has 21 heavy (non-hydrogen) atoms. The number of hydrogen-bond acceptors (Lipinski definition) is 0. The lowest BCUT2D eigenvalue weighted by atomic mass is 9.98.